The topological polar surface area (TPSA) is 71.8 Å². The average Bonchev–Trinajstić information content (AvgIpc) is 2.58. The van der Waals surface area contributed by atoms with Crippen LogP contribution in [0.3, 0.4) is 0 Å². The summed E-state index contributed by atoms with van der Waals surface area (Å²) in [6.45, 7) is 8.90. The Bertz CT molecular complexity index is 723. The first-order chi connectivity index (χ1) is 11.2. The van der Waals surface area contributed by atoms with Crippen LogP contribution in [-0.2, 0) is 19.3 Å². The van der Waals surface area contributed by atoms with Gasteiger partial charge in [-0.05, 0) is 30.0 Å². The SMILES string of the molecule is CCNNc1nc(CC)n(-c2cccc(CC)c2CC)c(=O)n1. The molecule has 6 nitrogen and oxygen atoms in total. The molecule has 0 unspecified atom stereocenters. The van der Waals surface area contributed by atoms with E-state index in [9.17, 15) is 4.79 Å². The van der Waals surface area contributed by atoms with Crippen molar-refractivity contribution in [2.24, 2.45) is 0 Å². The van der Waals surface area contributed by atoms with Gasteiger partial charge in [0.15, 0.2) is 0 Å². The largest absolute Gasteiger partial charge is 0.356 e. The van der Waals surface area contributed by atoms with Gasteiger partial charge in [-0.15, -0.1) is 0 Å². The van der Waals surface area contributed by atoms with Crippen molar-refractivity contribution in [2.75, 3.05) is 12.0 Å². The third kappa shape index (κ3) is 3.59. The molecule has 0 atom stereocenters. The van der Waals surface area contributed by atoms with Crippen LogP contribution in [0, 0.1) is 0 Å². The summed E-state index contributed by atoms with van der Waals surface area (Å²) in [5.74, 6) is 1.02. The van der Waals surface area contributed by atoms with Crippen LogP contribution in [0.1, 0.15) is 44.6 Å². The molecule has 2 N–H and O–H groups in total. The first-order valence-corrected chi connectivity index (χ1v) is 8.26. The molecule has 0 saturated heterocycles. The number of benzene rings is 1. The Balaban J connectivity index is 2.62. The van der Waals surface area contributed by atoms with Crippen molar-refractivity contribution >= 4 is 5.95 Å². The third-order valence-electron chi connectivity index (χ3n) is 3.80. The summed E-state index contributed by atoms with van der Waals surface area (Å²) in [4.78, 5) is 21.1. The van der Waals surface area contributed by atoms with E-state index < -0.39 is 0 Å². The van der Waals surface area contributed by atoms with Crippen LogP contribution >= 0.6 is 0 Å². The fourth-order valence-electron chi connectivity index (χ4n) is 2.72. The molecule has 0 aliphatic rings. The van der Waals surface area contributed by atoms with Crippen molar-refractivity contribution in [1.82, 2.24) is 20.0 Å². The van der Waals surface area contributed by atoms with Crippen LogP contribution in [-0.4, -0.2) is 21.1 Å². The minimum absolute atomic E-state index is 0.305. The number of rotatable bonds is 7. The highest BCUT2D eigenvalue weighted by Crippen LogP contribution is 2.20. The lowest BCUT2D eigenvalue weighted by molar-refractivity contribution is 0.741. The van der Waals surface area contributed by atoms with E-state index in [-0.39, 0.29) is 5.69 Å². The van der Waals surface area contributed by atoms with Gasteiger partial charge in [0.05, 0.1) is 5.69 Å². The van der Waals surface area contributed by atoms with Crippen molar-refractivity contribution in [3.63, 3.8) is 0 Å². The number of aromatic nitrogens is 3. The second-order valence-corrected chi connectivity index (χ2v) is 5.21. The zero-order chi connectivity index (χ0) is 16.8. The molecule has 0 radical (unpaired) electrons. The van der Waals surface area contributed by atoms with Crippen molar-refractivity contribution < 1.29 is 0 Å². The van der Waals surface area contributed by atoms with Gasteiger partial charge in [0, 0.05) is 13.0 Å². The third-order valence-corrected chi connectivity index (χ3v) is 3.80. The Hall–Kier alpha value is -2.21. The standard InChI is InChI=1S/C17H25N5O/c1-5-12-10-9-11-14(13(12)6-2)22-15(7-3)19-16(20-17(22)23)21-18-8-4/h9-11,18H,5-8H2,1-4H3,(H,20,21,23). The highest BCUT2D eigenvalue weighted by molar-refractivity contribution is 5.47. The van der Waals surface area contributed by atoms with Gasteiger partial charge in [-0.25, -0.2) is 14.8 Å². The van der Waals surface area contributed by atoms with Crippen LogP contribution in [0.2, 0.25) is 0 Å². The molecule has 1 aromatic carbocycles. The lowest BCUT2D eigenvalue weighted by Gasteiger charge is -2.17. The molecule has 1 heterocycles. The maximum atomic E-state index is 12.6. The van der Waals surface area contributed by atoms with Crippen molar-refractivity contribution in [3.8, 4) is 5.69 Å². The van der Waals surface area contributed by atoms with Gasteiger partial charge >= 0.3 is 5.69 Å². The molecule has 0 fully saturated rings. The predicted molar refractivity (Wildman–Crippen MR) is 93.1 cm³/mol. The number of anilines is 1. The molecule has 6 heteroatoms. The lowest BCUT2D eigenvalue weighted by atomic mass is 10.0. The molecule has 0 aliphatic heterocycles. The van der Waals surface area contributed by atoms with Crippen LogP contribution in [0.15, 0.2) is 23.0 Å². The molecule has 124 valence electrons. The Morgan fingerprint density at radius 3 is 2.43 bits per heavy atom. The maximum absolute atomic E-state index is 12.6. The molecule has 0 aliphatic carbocycles. The zero-order valence-electron chi connectivity index (χ0n) is 14.3. The first-order valence-electron chi connectivity index (χ1n) is 8.26. The molecular formula is C17H25N5O. The van der Waals surface area contributed by atoms with Crippen molar-refractivity contribution in [1.29, 1.82) is 0 Å². The van der Waals surface area contributed by atoms with Gasteiger partial charge in [0.25, 0.3) is 0 Å². The molecule has 23 heavy (non-hydrogen) atoms. The number of hydrogen-bond acceptors (Lipinski definition) is 5. The summed E-state index contributed by atoms with van der Waals surface area (Å²) < 4.78 is 1.63. The molecule has 2 rings (SSSR count). The zero-order valence-corrected chi connectivity index (χ0v) is 14.3. The molecule has 0 saturated carbocycles. The number of aryl methyl sites for hydroxylation is 2. The lowest BCUT2D eigenvalue weighted by Crippen LogP contribution is -2.31. The van der Waals surface area contributed by atoms with Gasteiger partial charge in [0.2, 0.25) is 5.95 Å². The molecule has 0 amide bonds. The van der Waals surface area contributed by atoms with E-state index in [1.807, 2.05) is 26.0 Å². The van der Waals surface area contributed by atoms with E-state index >= 15 is 0 Å². The molecule has 0 bridgehead atoms. The fourth-order valence-corrected chi connectivity index (χ4v) is 2.72. The van der Waals surface area contributed by atoms with Crippen molar-refractivity contribution in [2.45, 2.75) is 47.0 Å². The molecule has 2 aromatic rings. The maximum Gasteiger partial charge on any atom is 0.356 e. The van der Waals surface area contributed by atoms with E-state index in [4.69, 9.17) is 0 Å². The summed E-state index contributed by atoms with van der Waals surface area (Å²) in [5, 5.41) is 0. The van der Waals surface area contributed by atoms with Gasteiger partial charge < -0.3 is 0 Å². The minimum atomic E-state index is -0.305. The highest BCUT2D eigenvalue weighted by atomic mass is 16.1. The normalized spacial score (nSPS) is 10.8. The van der Waals surface area contributed by atoms with Gasteiger partial charge in [-0.1, -0.05) is 39.8 Å². The van der Waals surface area contributed by atoms with Crippen LogP contribution in [0.5, 0.6) is 0 Å². The van der Waals surface area contributed by atoms with Crippen molar-refractivity contribution in [3.05, 3.63) is 45.6 Å². The summed E-state index contributed by atoms with van der Waals surface area (Å²) in [6.07, 6.45) is 2.46. The number of hydrogen-bond donors (Lipinski definition) is 2. The summed E-state index contributed by atoms with van der Waals surface area (Å²) in [7, 11) is 0. The minimum Gasteiger partial charge on any atom is -0.289 e. The van der Waals surface area contributed by atoms with Gasteiger partial charge in [-0.2, -0.15) is 9.97 Å². The second-order valence-electron chi connectivity index (χ2n) is 5.21. The molecule has 0 spiro atoms. The summed E-state index contributed by atoms with van der Waals surface area (Å²) in [6, 6.07) is 6.07. The number of hydrazine groups is 1. The van der Waals surface area contributed by atoms with E-state index in [2.05, 4.69) is 40.7 Å². The van der Waals surface area contributed by atoms with Crippen LogP contribution < -0.4 is 16.5 Å². The predicted octanol–water partition coefficient (Wildman–Crippen LogP) is 2.25. The molecular weight excluding hydrogens is 290 g/mol. The second kappa shape index (κ2) is 7.87. The first kappa shape index (κ1) is 17.1. The number of nitrogens with one attached hydrogen (secondary N) is 2. The average molecular weight is 315 g/mol. The number of nitrogens with zero attached hydrogens (tertiary/aromatic N) is 3. The smallest absolute Gasteiger partial charge is 0.289 e. The van der Waals surface area contributed by atoms with Gasteiger partial charge in [-0.3, -0.25) is 5.43 Å². The summed E-state index contributed by atoms with van der Waals surface area (Å²) in [5.41, 5.74) is 8.80. The summed E-state index contributed by atoms with van der Waals surface area (Å²) >= 11 is 0. The van der Waals surface area contributed by atoms with Crippen LogP contribution in [0.25, 0.3) is 5.69 Å². The monoisotopic (exact) mass is 315 g/mol. The highest BCUT2D eigenvalue weighted by Gasteiger charge is 2.14. The quantitative estimate of drug-likeness (QED) is 0.767. The van der Waals surface area contributed by atoms with Crippen LogP contribution in [0.4, 0.5) is 5.95 Å². The fraction of sp³-hybridized carbons (Fsp3) is 0.471. The van der Waals surface area contributed by atoms with E-state index in [1.165, 1.54) is 11.1 Å². The Morgan fingerprint density at radius 2 is 1.83 bits per heavy atom. The Labute approximate surface area is 137 Å². The van der Waals surface area contributed by atoms with E-state index in [0.717, 1.165) is 18.5 Å². The van der Waals surface area contributed by atoms with E-state index in [1.54, 1.807) is 4.57 Å². The Morgan fingerprint density at radius 1 is 1.04 bits per heavy atom. The Kier molecular flexibility index (Phi) is 5.87. The molecule has 1 aromatic heterocycles. The van der Waals surface area contributed by atoms with E-state index in [0.29, 0.717) is 24.7 Å². The van der Waals surface area contributed by atoms with Gasteiger partial charge in [0.1, 0.15) is 5.82 Å².